The molecule has 3 atom stereocenters. The second-order valence-electron chi connectivity index (χ2n) is 2.67. The third kappa shape index (κ3) is 1.89. The van der Waals surface area contributed by atoms with Crippen molar-refractivity contribution in [2.24, 2.45) is 0 Å². The normalized spacial score (nSPS) is 38.5. The van der Waals surface area contributed by atoms with E-state index in [2.05, 4.69) is 5.32 Å². The number of nitrogens with one attached hydrogen (secondary N) is 1. The molecule has 4 N–H and O–H groups in total. The Morgan fingerprint density at radius 3 is 2.45 bits per heavy atom. The maximum atomic E-state index is 10.4. The first-order valence-electron chi connectivity index (χ1n) is 3.43. The van der Waals surface area contributed by atoms with Crippen LogP contribution < -0.4 is 5.32 Å². The van der Waals surface area contributed by atoms with E-state index < -0.39 is 24.2 Å². The molecule has 0 aromatic carbocycles. The van der Waals surface area contributed by atoms with Gasteiger partial charge >= 0.3 is 5.97 Å². The van der Waals surface area contributed by atoms with Crippen molar-refractivity contribution in [2.75, 3.05) is 6.54 Å². The van der Waals surface area contributed by atoms with Gasteiger partial charge in [0.05, 0.1) is 12.2 Å². The summed E-state index contributed by atoms with van der Waals surface area (Å²) in [5.41, 5.74) is 0. The zero-order valence-corrected chi connectivity index (χ0v) is 5.90. The standard InChI is InChI=1S/C6H11NO4/c8-4-1-3(6(10)11)7-2-5(4)9/h3-5,7-9H,1-2H2,(H,10,11)/t3-,4-,5+/m0/s1. The van der Waals surface area contributed by atoms with E-state index in [1.165, 1.54) is 0 Å². The van der Waals surface area contributed by atoms with E-state index in [0.717, 1.165) is 0 Å². The van der Waals surface area contributed by atoms with E-state index in [1.54, 1.807) is 0 Å². The summed E-state index contributed by atoms with van der Waals surface area (Å²) in [4.78, 5) is 10.4. The van der Waals surface area contributed by atoms with Crippen LogP contribution in [-0.4, -0.2) is 46.1 Å². The van der Waals surface area contributed by atoms with Crippen LogP contribution in [0.5, 0.6) is 0 Å². The Bertz CT molecular complexity index is 161. The second-order valence-corrected chi connectivity index (χ2v) is 2.67. The quantitative estimate of drug-likeness (QED) is 0.362. The number of hydrogen-bond acceptors (Lipinski definition) is 4. The summed E-state index contributed by atoms with van der Waals surface area (Å²) in [6.45, 7) is 0.137. The molecule has 0 aliphatic carbocycles. The lowest BCUT2D eigenvalue weighted by atomic mass is 10.00. The monoisotopic (exact) mass is 161 g/mol. The molecule has 0 saturated carbocycles. The molecule has 1 saturated heterocycles. The van der Waals surface area contributed by atoms with Gasteiger partial charge in [0.25, 0.3) is 0 Å². The number of carboxylic acids is 1. The molecule has 1 aliphatic heterocycles. The molecule has 11 heavy (non-hydrogen) atoms. The fourth-order valence-electron chi connectivity index (χ4n) is 1.07. The number of β-amino-alcohol motifs (C(OH)–C–C–N with tert-alkyl or cyclic N) is 1. The average molecular weight is 161 g/mol. The summed E-state index contributed by atoms with van der Waals surface area (Å²) in [7, 11) is 0. The minimum absolute atomic E-state index is 0.0660. The van der Waals surface area contributed by atoms with Crippen LogP contribution in [0.25, 0.3) is 0 Å². The van der Waals surface area contributed by atoms with E-state index in [4.69, 9.17) is 15.3 Å². The summed E-state index contributed by atoms with van der Waals surface area (Å²) in [5.74, 6) is -0.990. The predicted molar refractivity (Wildman–Crippen MR) is 36.1 cm³/mol. The SMILES string of the molecule is O=C(O)[C@@H]1C[C@H](O)[C@H](O)CN1. The van der Waals surface area contributed by atoms with Crippen molar-refractivity contribution < 1.29 is 20.1 Å². The van der Waals surface area contributed by atoms with Crippen LogP contribution >= 0.6 is 0 Å². The number of hydrogen-bond donors (Lipinski definition) is 4. The molecule has 0 radical (unpaired) electrons. The van der Waals surface area contributed by atoms with Gasteiger partial charge in [-0.25, -0.2) is 0 Å². The third-order valence-electron chi connectivity index (χ3n) is 1.79. The number of rotatable bonds is 1. The van der Waals surface area contributed by atoms with Crippen LogP contribution in [0, 0.1) is 0 Å². The number of carbonyl (C=O) groups is 1. The molecule has 0 amide bonds. The minimum Gasteiger partial charge on any atom is -0.480 e. The highest BCUT2D eigenvalue weighted by molar-refractivity contribution is 5.73. The van der Waals surface area contributed by atoms with Gasteiger partial charge in [0.15, 0.2) is 0 Å². The maximum absolute atomic E-state index is 10.4. The Morgan fingerprint density at radius 2 is 2.00 bits per heavy atom. The number of aliphatic carboxylic acids is 1. The van der Waals surface area contributed by atoms with Gasteiger partial charge in [-0.2, -0.15) is 0 Å². The zero-order chi connectivity index (χ0) is 8.43. The van der Waals surface area contributed by atoms with Crippen molar-refractivity contribution in [1.29, 1.82) is 0 Å². The van der Waals surface area contributed by atoms with Gasteiger partial charge in [0.1, 0.15) is 6.04 Å². The Labute approximate surface area is 63.7 Å². The van der Waals surface area contributed by atoms with Crippen LogP contribution in [0.15, 0.2) is 0 Å². The van der Waals surface area contributed by atoms with Crippen molar-refractivity contribution >= 4 is 5.97 Å². The Balaban J connectivity index is 2.46. The van der Waals surface area contributed by atoms with Crippen molar-refractivity contribution in [3.8, 4) is 0 Å². The number of carboxylic acid groups (broad SMARTS) is 1. The van der Waals surface area contributed by atoms with Gasteiger partial charge in [-0.05, 0) is 0 Å². The molecule has 0 aromatic rings. The predicted octanol–water partition coefficient (Wildman–Crippen LogP) is -1.85. The third-order valence-corrected chi connectivity index (χ3v) is 1.79. The van der Waals surface area contributed by atoms with Crippen molar-refractivity contribution in [2.45, 2.75) is 24.7 Å². The van der Waals surface area contributed by atoms with Crippen LogP contribution in [0.3, 0.4) is 0 Å². The van der Waals surface area contributed by atoms with E-state index in [1.807, 2.05) is 0 Å². The molecule has 1 rings (SSSR count). The first kappa shape index (κ1) is 8.45. The first-order valence-corrected chi connectivity index (χ1v) is 3.43. The van der Waals surface area contributed by atoms with Gasteiger partial charge in [-0.15, -0.1) is 0 Å². The lowest BCUT2D eigenvalue weighted by molar-refractivity contribution is -0.142. The molecule has 1 aliphatic rings. The van der Waals surface area contributed by atoms with Crippen LogP contribution in [0.2, 0.25) is 0 Å². The lowest BCUT2D eigenvalue weighted by Gasteiger charge is -2.28. The Hall–Kier alpha value is -0.650. The fraction of sp³-hybridized carbons (Fsp3) is 0.833. The molecule has 5 heteroatoms. The van der Waals surface area contributed by atoms with E-state index in [9.17, 15) is 4.79 Å². The summed E-state index contributed by atoms with van der Waals surface area (Å²) < 4.78 is 0. The number of aliphatic hydroxyl groups is 2. The van der Waals surface area contributed by atoms with E-state index >= 15 is 0 Å². The largest absolute Gasteiger partial charge is 0.480 e. The summed E-state index contributed by atoms with van der Waals surface area (Å²) >= 11 is 0. The zero-order valence-electron chi connectivity index (χ0n) is 5.90. The van der Waals surface area contributed by atoms with Crippen molar-refractivity contribution in [1.82, 2.24) is 5.32 Å². The van der Waals surface area contributed by atoms with E-state index in [0.29, 0.717) is 0 Å². The maximum Gasteiger partial charge on any atom is 0.320 e. The lowest BCUT2D eigenvalue weighted by Crippen LogP contribution is -2.52. The summed E-state index contributed by atoms with van der Waals surface area (Å²) in [5, 5.41) is 29.1. The molecular formula is C6H11NO4. The molecule has 0 unspecified atom stereocenters. The summed E-state index contributed by atoms with van der Waals surface area (Å²) in [6, 6.07) is -0.728. The molecule has 1 heterocycles. The highest BCUT2D eigenvalue weighted by Crippen LogP contribution is 2.08. The molecule has 0 spiro atoms. The topological polar surface area (TPSA) is 89.8 Å². The summed E-state index contributed by atoms with van der Waals surface area (Å²) in [6.07, 6.45) is -1.70. The highest BCUT2D eigenvalue weighted by Gasteiger charge is 2.30. The van der Waals surface area contributed by atoms with Gasteiger partial charge in [0, 0.05) is 13.0 Å². The van der Waals surface area contributed by atoms with Gasteiger partial charge in [-0.1, -0.05) is 0 Å². The molecule has 5 nitrogen and oxygen atoms in total. The number of aliphatic hydroxyl groups excluding tert-OH is 2. The second kappa shape index (κ2) is 3.17. The first-order chi connectivity index (χ1) is 5.11. The highest BCUT2D eigenvalue weighted by atomic mass is 16.4. The molecule has 0 aromatic heterocycles. The smallest absolute Gasteiger partial charge is 0.320 e. The Kier molecular flexibility index (Phi) is 2.43. The average Bonchev–Trinajstić information content (AvgIpc) is 1.94. The molecule has 1 fully saturated rings. The molecular weight excluding hydrogens is 150 g/mol. The van der Waals surface area contributed by atoms with Crippen LogP contribution in [0.1, 0.15) is 6.42 Å². The Morgan fingerprint density at radius 1 is 1.36 bits per heavy atom. The van der Waals surface area contributed by atoms with E-state index in [-0.39, 0.29) is 13.0 Å². The van der Waals surface area contributed by atoms with Gasteiger partial charge in [0.2, 0.25) is 0 Å². The van der Waals surface area contributed by atoms with Gasteiger partial charge < -0.3 is 20.6 Å². The van der Waals surface area contributed by atoms with Crippen LogP contribution in [-0.2, 0) is 4.79 Å². The number of piperidine rings is 1. The van der Waals surface area contributed by atoms with Crippen molar-refractivity contribution in [3.05, 3.63) is 0 Å². The molecule has 0 bridgehead atoms. The van der Waals surface area contributed by atoms with Crippen molar-refractivity contribution in [3.63, 3.8) is 0 Å². The minimum atomic E-state index is -0.990. The fourth-order valence-corrected chi connectivity index (χ4v) is 1.07. The van der Waals surface area contributed by atoms with Gasteiger partial charge in [-0.3, -0.25) is 4.79 Å². The van der Waals surface area contributed by atoms with Crippen LogP contribution in [0.4, 0.5) is 0 Å². The molecule has 64 valence electrons.